The number of ether oxygens (including phenoxy) is 1. The molecule has 0 aliphatic heterocycles. The van der Waals surface area contributed by atoms with E-state index in [-0.39, 0.29) is 25.2 Å². The first kappa shape index (κ1) is 14.7. The fourth-order valence-corrected chi connectivity index (χ4v) is 1.43. The summed E-state index contributed by atoms with van der Waals surface area (Å²) in [5, 5.41) is 0. The summed E-state index contributed by atoms with van der Waals surface area (Å²) in [6.07, 6.45) is -0.917. The van der Waals surface area contributed by atoms with Crippen LogP contribution in [0.5, 0.6) is 0 Å². The highest BCUT2D eigenvalue weighted by Gasteiger charge is 2.27. The standard InChI is InChI=1S/C11H15F3N2O2/c1-2-16-5-4-15-10(16)7-9(17)3-6-18-8-11(12,13)14/h4-5H,2-3,6-8H2,1H3. The van der Waals surface area contributed by atoms with Crippen molar-refractivity contribution < 1.29 is 22.7 Å². The molecule has 102 valence electrons. The Morgan fingerprint density at radius 1 is 1.50 bits per heavy atom. The van der Waals surface area contributed by atoms with Crippen molar-refractivity contribution in [3.05, 3.63) is 18.2 Å². The second-order valence-corrected chi connectivity index (χ2v) is 3.76. The fourth-order valence-electron chi connectivity index (χ4n) is 1.43. The van der Waals surface area contributed by atoms with Gasteiger partial charge in [-0.3, -0.25) is 4.79 Å². The molecule has 0 bridgehead atoms. The third kappa shape index (κ3) is 5.31. The van der Waals surface area contributed by atoms with Gasteiger partial charge in [0.15, 0.2) is 0 Å². The van der Waals surface area contributed by atoms with Crippen LogP contribution in [0, 0.1) is 0 Å². The van der Waals surface area contributed by atoms with Gasteiger partial charge in [0.2, 0.25) is 0 Å². The first-order chi connectivity index (χ1) is 8.42. The first-order valence-electron chi connectivity index (χ1n) is 5.58. The lowest BCUT2D eigenvalue weighted by atomic mass is 10.2. The Hall–Kier alpha value is -1.37. The number of ketones is 1. The molecule has 4 nitrogen and oxygen atoms in total. The molecule has 1 heterocycles. The maximum Gasteiger partial charge on any atom is 0.411 e. The van der Waals surface area contributed by atoms with Gasteiger partial charge >= 0.3 is 6.18 Å². The number of aryl methyl sites for hydroxylation is 1. The number of alkyl halides is 3. The highest BCUT2D eigenvalue weighted by atomic mass is 19.4. The zero-order valence-electron chi connectivity index (χ0n) is 10.0. The SMILES string of the molecule is CCn1ccnc1CC(=O)CCOCC(F)(F)F. The Balaban J connectivity index is 2.26. The second kappa shape index (κ2) is 6.53. The van der Waals surface area contributed by atoms with Crippen LogP contribution in [-0.2, 0) is 22.5 Å². The molecule has 0 unspecified atom stereocenters. The molecule has 0 aliphatic rings. The quantitative estimate of drug-likeness (QED) is 0.707. The third-order valence-electron chi connectivity index (χ3n) is 2.29. The topological polar surface area (TPSA) is 44.1 Å². The van der Waals surface area contributed by atoms with Crippen LogP contribution in [0.4, 0.5) is 13.2 Å². The van der Waals surface area contributed by atoms with Gasteiger partial charge in [-0.15, -0.1) is 0 Å². The number of halogens is 3. The number of Topliss-reactive ketones (excluding diaryl/α,β-unsaturated/α-hetero) is 1. The predicted octanol–water partition coefficient (Wildman–Crippen LogP) is 1.98. The van der Waals surface area contributed by atoms with Gasteiger partial charge < -0.3 is 9.30 Å². The van der Waals surface area contributed by atoms with Crippen LogP contribution in [0.3, 0.4) is 0 Å². The van der Waals surface area contributed by atoms with E-state index in [4.69, 9.17) is 0 Å². The maximum absolute atomic E-state index is 11.8. The van der Waals surface area contributed by atoms with Crippen LogP contribution in [0.25, 0.3) is 0 Å². The van der Waals surface area contributed by atoms with E-state index >= 15 is 0 Å². The zero-order chi connectivity index (χ0) is 13.6. The molecule has 7 heteroatoms. The number of rotatable bonds is 7. The van der Waals surface area contributed by atoms with Crippen molar-refractivity contribution in [1.82, 2.24) is 9.55 Å². The van der Waals surface area contributed by atoms with Gasteiger partial charge in [-0.1, -0.05) is 0 Å². The monoisotopic (exact) mass is 264 g/mol. The molecule has 0 N–H and O–H groups in total. The van der Waals surface area contributed by atoms with Crippen molar-refractivity contribution in [2.45, 2.75) is 32.5 Å². The minimum absolute atomic E-state index is 0.0351. The Kier molecular flexibility index (Phi) is 5.33. The highest BCUT2D eigenvalue weighted by Crippen LogP contribution is 2.14. The summed E-state index contributed by atoms with van der Waals surface area (Å²) in [4.78, 5) is 15.5. The predicted molar refractivity (Wildman–Crippen MR) is 58.1 cm³/mol. The largest absolute Gasteiger partial charge is 0.411 e. The van der Waals surface area contributed by atoms with Gasteiger partial charge in [-0.2, -0.15) is 13.2 Å². The summed E-state index contributed by atoms with van der Waals surface area (Å²) >= 11 is 0. The number of carbonyl (C=O) groups excluding carboxylic acids is 1. The van der Waals surface area contributed by atoms with Gasteiger partial charge in [0, 0.05) is 25.4 Å². The summed E-state index contributed by atoms with van der Waals surface area (Å²) in [6.45, 7) is 1.09. The third-order valence-corrected chi connectivity index (χ3v) is 2.29. The minimum Gasteiger partial charge on any atom is -0.372 e. The van der Waals surface area contributed by atoms with E-state index in [1.54, 1.807) is 12.4 Å². The van der Waals surface area contributed by atoms with Crippen LogP contribution in [0.15, 0.2) is 12.4 Å². The number of nitrogens with zero attached hydrogens (tertiary/aromatic N) is 2. The molecule has 0 amide bonds. The number of imidazole rings is 1. The lowest BCUT2D eigenvalue weighted by molar-refractivity contribution is -0.174. The Morgan fingerprint density at radius 3 is 2.83 bits per heavy atom. The molecule has 0 fully saturated rings. The fraction of sp³-hybridized carbons (Fsp3) is 0.636. The van der Waals surface area contributed by atoms with Crippen molar-refractivity contribution in [1.29, 1.82) is 0 Å². The Morgan fingerprint density at radius 2 is 2.22 bits per heavy atom. The first-order valence-corrected chi connectivity index (χ1v) is 5.58. The van der Waals surface area contributed by atoms with Crippen molar-refractivity contribution in [2.75, 3.05) is 13.2 Å². The molecule has 1 rings (SSSR count). The van der Waals surface area contributed by atoms with Crippen molar-refractivity contribution in [2.24, 2.45) is 0 Å². The van der Waals surface area contributed by atoms with E-state index in [0.29, 0.717) is 12.4 Å². The molecule has 0 aliphatic carbocycles. The van der Waals surface area contributed by atoms with E-state index in [0.717, 1.165) is 0 Å². The summed E-state index contributed by atoms with van der Waals surface area (Å²) in [5.74, 6) is 0.441. The van der Waals surface area contributed by atoms with Gasteiger partial charge in [0.05, 0.1) is 13.0 Å². The van der Waals surface area contributed by atoms with E-state index in [1.807, 2.05) is 11.5 Å². The molecule has 0 radical (unpaired) electrons. The van der Waals surface area contributed by atoms with Gasteiger partial charge in [0.1, 0.15) is 18.2 Å². The molecule has 1 aromatic heterocycles. The summed E-state index contributed by atoms with van der Waals surface area (Å²) < 4.78 is 41.5. The molecule has 0 aromatic carbocycles. The van der Waals surface area contributed by atoms with Crippen LogP contribution < -0.4 is 0 Å². The molecular formula is C11H15F3N2O2. The van der Waals surface area contributed by atoms with Gasteiger partial charge in [0.25, 0.3) is 0 Å². The lowest BCUT2D eigenvalue weighted by Crippen LogP contribution is -2.19. The van der Waals surface area contributed by atoms with Crippen LogP contribution >= 0.6 is 0 Å². The number of hydrogen-bond donors (Lipinski definition) is 0. The molecule has 0 spiro atoms. The number of aromatic nitrogens is 2. The van der Waals surface area contributed by atoms with E-state index in [9.17, 15) is 18.0 Å². The molecular weight excluding hydrogens is 249 g/mol. The zero-order valence-corrected chi connectivity index (χ0v) is 10.0. The second-order valence-electron chi connectivity index (χ2n) is 3.76. The van der Waals surface area contributed by atoms with E-state index in [1.165, 1.54) is 0 Å². The minimum atomic E-state index is -4.35. The lowest BCUT2D eigenvalue weighted by Gasteiger charge is -2.07. The molecule has 18 heavy (non-hydrogen) atoms. The van der Waals surface area contributed by atoms with Crippen LogP contribution in [-0.4, -0.2) is 34.7 Å². The summed E-state index contributed by atoms with van der Waals surface area (Å²) in [7, 11) is 0. The van der Waals surface area contributed by atoms with Gasteiger partial charge in [-0.25, -0.2) is 4.98 Å². The Labute approximate surface area is 103 Å². The van der Waals surface area contributed by atoms with Crippen molar-refractivity contribution in [3.8, 4) is 0 Å². The average molecular weight is 264 g/mol. The van der Waals surface area contributed by atoms with Crippen molar-refractivity contribution in [3.63, 3.8) is 0 Å². The summed E-state index contributed by atoms with van der Waals surface area (Å²) in [6, 6.07) is 0. The van der Waals surface area contributed by atoms with Crippen LogP contribution in [0.2, 0.25) is 0 Å². The number of hydrogen-bond acceptors (Lipinski definition) is 3. The number of carbonyl (C=O) groups is 1. The smallest absolute Gasteiger partial charge is 0.372 e. The molecule has 0 atom stereocenters. The van der Waals surface area contributed by atoms with Crippen molar-refractivity contribution >= 4 is 5.78 Å². The maximum atomic E-state index is 11.8. The van der Waals surface area contributed by atoms with Gasteiger partial charge in [-0.05, 0) is 6.92 Å². The molecule has 0 saturated carbocycles. The van der Waals surface area contributed by atoms with E-state index in [2.05, 4.69) is 9.72 Å². The molecule has 1 aromatic rings. The Bertz CT molecular complexity index is 388. The van der Waals surface area contributed by atoms with E-state index < -0.39 is 12.8 Å². The normalized spacial score (nSPS) is 11.8. The summed E-state index contributed by atoms with van der Waals surface area (Å²) in [5.41, 5.74) is 0. The average Bonchev–Trinajstić information content (AvgIpc) is 2.70. The molecule has 0 saturated heterocycles. The highest BCUT2D eigenvalue weighted by molar-refractivity contribution is 5.80. The van der Waals surface area contributed by atoms with Crippen LogP contribution in [0.1, 0.15) is 19.2 Å².